The molecular formula is C17H27FN2. The maximum absolute atomic E-state index is 12.9. The van der Waals surface area contributed by atoms with Crippen molar-refractivity contribution in [3.63, 3.8) is 0 Å². The van der Waals surface area contributed by atoms with Gasteiger partial charge in [-0.15, -0.1) is 0 Å². The first kappa shape index (κ1) is 15.5. The van der Waals surface area contributed by atoms with Gasteiger partial charge in [-0.25, -0.2) is 4.39 Å². The predicted octanol–water partition coefficient (Wildman–Crippen LogP) is 3.43. The first-order chi connectivity index (χ1) is 9.69. The SMILES string of the molecule is CCNC(CN(C)Cc1ccc(F)cc1)C1CCCC1. The van der Waals surface area contributed by atoms with Crippen LogP contribution in [0, 0.1) is 11.7 Å². The van der Waals surface area contributed by atoms with Crippen LogP contribution in [-0.2, 0) is 6.54 Å². The number of likely N-dealkylation sites (N-methyl/N-ethyl adjacent to an activating group) is 2. The van der Waals surface area contributed by atoms with Gasteiger partial charge in [-0.3, -0.25) is 0 Å². The normalized spacial score (nSPS) is 17.8. The van der Waals surface area contributed by atoms with Crippen molar-refractivity contribution in [3.8, 4) is 0 Å². The molecule has 2 rings (SSSR count). The average Bonchev–Trinajstić information content (AvgIpc) is 2.95. The highest BCUT2D eigenvalue weighted by atomic mass is 19.1. The van der Waals surface area contributed by atoms with E-state index in [1.807, 2.05) is 12.1 Å². The molecule has 0 radical (unpaired) electrons. The van der Waals surface area contributed by atoms with Crippen molar-refractivity contribution in [1.29, 1.82) is 0 Å². The van der Waals surface area contributed by atoms with Gasteiger partial charge in [-0.2, -0.15) is 0 Å². The van der Waals surface area contributed by atoms with Crippen molar-refractivity contribution < 1.29 is 4.39 Å². The van der Waals surface area contributed by atoms with Gasteiger partial charge in [0, 0.05) is 19.1 Å². The fraction of sp³-hybridized carbons (Fsp3) is 0.647. The highest BCUT2D eigenvalue weighted by molar-refractivity contribution is 5.15. The van der Waals surface area contributed by atoms with Crippen LogP contribution >= 0.6 is 0 Å². The van der Waals surface area contributed by atoms with E-state index >= 15 is 0 Å². The smallest absolute Gasteiger partial charge is 0.123 e. The summed E-state index contributed by atoms with van der Waals surface area (Å²) >= 11 is 0. The minimum absolute atomic E-state index is 0.159. The Morgan fingerprint density at radius 3 is 2.50 bits per heavy atom. The van der Waals surface area contributed by atoms with Gasteiger partial charge in [0.05, 0.1) is 0 Å². The van der Waals surface area contributed by atoms with E-state index in [1.165, 1.54) is 31.2 Å². The van der Waals surface area contributed by atoms with E-state index in [9.17, 15) is 4.39 Å². The molecule has 0 bridgehead atoms. The van der Waals surface area contributed by atoms with Gasteiger partial charge in [0.25, 0.3) is 0 Å². The largest absolute Gasteiger partial charge is 0.313 e. The lowest BCUT2D eigenvalue weighted by Crippen LogP contribution is -2.43. The second-order valence-electron chi connectivity index (χ2n) is 6.03. The molecule has 20 heavy (non-hydrogen) atoms. The molecule has 0 aliphatic heterocycles. The van der Waals surface area contributed by atoms with Crippen LogP contribution < -0.4 is 5.32 Å². The molecule has 0 spiro atoms. The Morgan fingerprint density at radius 1 is 1.25 bits per heavy atom. The van der Waals surface area contributed by atoms with Gasteiger partial charge in [-0.1, -0.05) is 31.9 Å². The van der Waals surface area contributed by atoms with Crippen LogP contribution in [0.1, 0.15) is 38.2 Å². The second-order valence-corrected chi connectivity index (χ2v) is 6.03. The standard InChI is InChI=1S/C17H27FN2/c1-3-19-17(15-6-4-5-7-15)13-20(2)12-14-8-10-16(18)11-9-14/h8-11,15,17,19H,3-7,12-13H2,1-2H3. The lowest BCUT2D eigenvalue weighted by molar-refractivity contribution is 0.237. The summed E-state index contributed by atoms with van der Waals surface area (Å²) < 4.78 is 12.9. The van der Waals surface area contributed by atoms with Gasteiger partial charge in [0.1, 0.15) is 5.82 Å². The van der Waals surface area contributed by atoms with E-state index in [2.05, 4.69) is 24.2 Å². The molecule has 0 heterocycles. The van der Waals surface area contributed by atoms with E-state index < -0.39 is 0 Å². The monoisotopic (exact) mass is 278 g/mol. The molecule has 1 aromatic carbocycles. The zero-order valence-electron chi connectivity index (χ0n) is 12.7. The molecule has 2 nitrogen and oxygen atoms in total. The van der Waals surface area contributed by atoms with Crippen LogP contribution in [0.4, 0.5) is 4.39 Å². The summed E-state index contributed by atoms with van der Waals surface area (Å²) in [7, 11) is 2.16. The third-order valence-corrected chi connectivity index (χ3v) is 4.31. The highest BCUT2D eigenvalue weighted by Crippen LogP contribution is 2.28. The summed E-state index contributed by atoms with van der Waals surface area (Å²) in [6.07, 6.45) is 5.49. The van der Waals surface area contributed by atoms with Gasteiger partial charge in [-0.05, 0) is 50.0 Å². The minimum atomic E-state index is -0.159. The number of hydrogen-bond acceptors (Lipinski definition) is 2. The van der Waals surface area contributed by atoms with Crippen LogP contribution in [0.15, 0.2) is 24.3 Å². The molecule has 0 aromatic heterocycles. The van der Waals surface area contributed by atoms with E-state index in [1.54, 1.807) is 12.1 Å². The molecule has 112 valence electrons. The molecule has 1 aliphatic carbocycles. The third kappa shape index (κ3) is 4.57. The van der Waals surface area contributed by atoms with Crippen LogP contribution in [0.3, 0.4) is 0 Å². The summed E-state index contributed by atoms with van der Waals surface area (Å²) in [5.41, 5.74) is 1.18. The van der Waals surface area contributed by atoms with Crippen LogP contribution in [-0.4, -0.2) is 31.1 Å². The maximum atomic E-state index is 12.9. The highest BCUT2D eigenvalue weighted by Gasteiger charge is 2.25. The fourth-order valence-corrected chi connectivity index (χ4v) is 3.30. The van der Waals surface area contributed by atoms with Crippen LogP contribution in [0.5, 0.6) is 0 Å². The molecule has 1 saturated carbocycles. The summed E-state index contributed by atoms with van der Waals surface area (Å²) in [5.74, 6) is 0.665. The zero-order valence-corrected chi connectivity index (χ0v) is 12.7. The fourth-order valence-electron chi connectivity index (χ4n) is 3.30. The van der Waals surface area contributed by atoms with Gasteiger partial charge in [0.2, 0.25) is 0 Å². The molecule has 1 fully saturated rings. The van der Waals surface area contributed by atoms with Crippen LogP contribution in [0.2, 0.25) is 0 Å². The molecule has 1 aromatic rings. The third-order valence-electron chi connectivity index (χ3n) is 4.31. The molecule has 1 N–H and O–H groups in total. The van der Waals surface area contributed by atoms with Crippen molar-refractivity contribution in [3.05, 3.63) is 35.6 Å². The Labute approximate surface area is 122 Å². The second kappa shape index (κ2) is 7.75. The topological polar surface area (TPSA) is 15.3 Å². The zero-order chi connectivity index (χ0) is 14.4. The summed E-state index contributed by atoms with van der Waals surface area (Å²) in [4.78, 5) is 2.35. The molecule has 3 heteroatoms. The number of rotatable bonds is 7. The number of benzene rings is 1. The molecule has 0 saturated heterocycles. The maximum Gasteiger partial charge on any atom is 0.123 e. The number of nitrogens with one attached hydrogen (secondary N) is 1. The Bertz CT molecular complexity index is 384. The molecule has 1 atom stereocenters. The summed E-state index contributed by atoms with van der Waals surface area (Å²) in [6, 6.07) is 7.44. The molecule has 0 amide bonds. The summed E-state index contributed by atoms with van der Waals surface area (Å²) in [6.45, 7) is 5.16. The Hall–Kier alpha value is -0.930. The van der Waals surface area contributed by atoms with Crippen molar-refractivity contribution in [2.45, 2.75) is 45.2 Å². The predicted molar refractivity (Wildman–Crippen MR) is 82.2 cm³/mol. The van der Waals surface area contributed by atoms with Crippen molar-refractivity contribution in [2.24, 2.45) is 5.92 Å². The van der Waals surface area contributed by atoms with E-state index in [0.717, 1.165) is 25.6 Å². The average molecular weight is 278 g/mol. The molecule has 1 aliphatic rings. The molecular weight excluding hydrogens is 251 g/mol. The van der Waals surface area contributed by atoms with Crippen molar-refractivity contribution in [1.82, 2.24) is 10.2 Å². The summed E-state index contributed by atoms with van der Waals surface area (Å²) in [5, 5.41) is 3.65. The lowest BCUT2D eigenvalue weighted by atomic mass is 9.97. The van der Waals surface area contributed by atoms with Gasteiger partial charge < -0.3 is 10.2 Å². The van der Waals surface area contributed by atoms with Gasteiger partial charge in [0.15, 0.2) is 0 Å². The van der Waals surface area contributed by atoms with Crippen LogP contribution in [0.25, 0.3) is 0 Å². The number of hydrogen-bond donors (Lipinski definition) is 1. The van der Waals surface area contributed by atoms with E-state index in [-0.39, 0.29) is 5.82 Å². The first-order valence-electron chi connectivity index (χ1n) is 7.85. The minimum Gasteiger partial charge on any atom is -0.313 e. The van der Waals surface area contributed by atoms with Crippen molar-refractivity contribution in [2.75, 3.05) is 20.1 Å². The van der Waals surface area contributed by atoms with Gasteiger partial charge >= 0.3 is 0 Å². The van der Waals surface area contributed by atoms with E-state index in [0.29, 0.717) is 6.04 Å². The Morgan fingerprint density at radius 2 is 1.90 bits per heavy atom. The van der Waals surface area contributed by atoms with Crippen molar-refractivity contribution >= 4 is 0 Å². The Kier molecular flexibility index (Phi) is 5.99. The number of halogens is 1. The lowest BCUT2D eigenvalue weighted by Gasteiger charge is -2.29. The van der Waals surface area contributed by atoms with E-state index in [4.69, 9.17) is 0 Å². The Balaban J connectivity index is 1.87. The number of nitrogens with zero attached hydrogens (tertiary/aromatic N) is 1. The quantitative estimate of drug-likeness (QED) is 0.822. The molecule has 1 unspecified atom stereocenters. The first-order valence-corrected chi connectivity index (χ1v) is 7.85.